The molecule has 2 aromatic carbocycles. The predicted octanol–water partition coefficient (Wildman–Crippen LogP) is 0.598. The second-order valence-electron chi connectivity index (χ2n) is 3.76. The second-order valence-corrected chi connectivity index (χ2v) is 6.97. The number of hydrogen-bond donors (Lipinski definition) is 4. The van der Waals surface area contributed by atoms with Gasteiger partial charge in [0.1, 0.15) is 0 Å². The largest absolute Gasteiger partial charge is 0.356 e. The maximum absolute atomic E-state index is 10.5. The first kappa shape index (κ1) is 21.0. The number of rotatable bonds is 2. The SMILES string of the molecule is O=P(O)(O)c1ccccc1.O=P(O)(O)c1ccccc1.[Ca]. The van der Waals surface area contributed by atoms with E-state index in [1.807, 2.05) is 0 Å². The Hall–Kier alpha value is -0.000260. The smallest absolute Gasteiger partial charge is 0.321 e. The zero-order valence-electron chi connectivity index (χ0n) is 11.0. The van der Waals surface area contributed by atoms with Gasteiger partial charge in [0.25, 0.3) is 0 Å². The summed E-state index contributed by atoms with van der Waals surface area (Å²) in [7, 11) is -8.04. The van der Waals surface area contributed by atoms with Crippen molar-refractivity contribution in [3.8, 4) is 0 Å². The van der Waals surface area contributed by atoms with Gasteiger partial charge in [-0.2, -0.15) is 0 Å². The summed E-state index contributed by atoms with van der Waals surface area (Å²) in [5, 5.41) is 0.130. The molecule has 0 spiro atoms. The minimum atomic E-state index is -4.02. The topological polar surface area (TPSA) is 115 Å². The predicted molar refractivity (Wildman–Crippen MR) is 82.0 cm³/mol. The third-order valence-corrected chi connectivity index (χ3v) is 4.13. The van der Waals surface area contributed by atoms with E-state index in [2.05, 4.69) is 0 Å². The van der Waals surface area contributed by atoms with Gasteiger partial charge in [0.2, 0.25) is 0 Å². The van der Waals surface area contributed by atoms with E-state index in [1.165, 1.54) is 24.3 Å². The molecule has 0 fully saturated rings. The van der Waals surface area contributed by atoms with E-state index in [-0.39, 0.29) is 48.3 Å². The molecule has 0 atom stereocenters. The van der Waals surface area contributed by atoms with Gasteiger partial charge in [0.15, 0.2) is 0 Å². The zero-order chi connectivity index (χ0) is 15.2. The molecule has 21 heavy (non-hydrogen) atoms. The molecule has 110 valence electrons. The van der Waals surface area contributed by atoms with Crippen molar-refractivity contribution >= 4 is 63.5 Å². The van der Waals surface area contributed by atoms with E-state index in [0.29, 0.717) is 0 Å². The van der Waals surface area contributed by atoms with Crippen molar-refractivity contribution in [1.82, 2.24) is 0 Å². The zero-order valence-corrected chi connectivity index (χ0v) is 15.0. The molecular formula is C12H14CaO6P2. The Morgan fingerprint density at radius 1 is 0.571 bits per heavy atom. The van der Waals surface area contributed by atoms with E-state index in [4.69, 9.17) is 19.6 Å². The fourth-order valence-corrected chi connectivity index (χ4v) is 2.37. The molecule has 4 N–H and O–H groups in total. The molecule has 0 saturated carbocycles. The summed E-state index contributed by atoms with van der Waals surface area (Å²) in [5.41, 5.74) is 0. The second kappa shape index (κ2) is 9.21. The van der Waals surface area contributed by atoms with Crippen molar-refractivity contribution in [3.05, 3.63) is 60.7 Å². The normalized spacial score (nSPS) is 10.9. The van der Waals surface area contributed by atoms with Crippen LogP contribution in [0.3, 0.4) is 0 Å². The molecule has 2 aromatic rings. The van der Waals surface area contributed by atoms with Gasteiger partial charge in [0, 0.05) is 37.7 Å². The van der Waals surface area contributed by atoms with Crippen LogP contribution in [0.25, 0.3) is 0 Å². The van der Waals surface area contributed by atoms with Crippen LogP contribution in [0.4, 0.5) is 0 Å². The van der Waals surface area contributed by atoms with Crippen LogP contribution in [0.5, 0.6) is 0 Å². The van der Waals surface area contributed by atoms with Crippen LogP contribution < -0.4 is 10.6 Å². The first-order chi connectivity index (χ1) is 9.21. The number of hydrogen-bond acceptors (Lipinski definition) is 2. The Kier molecular flexibility index (Phi) is 9.21. The molecule has 0 aromatic heterocycles. The maximum Gasteiger partial charge on any atom is 0.356 e. The monoisotopic (exact) mass is 356 g/mol. The number of benzene rings is 2. The van der Waals surface area contributed by atoms with Gasteiger partial charge in [-0.05, 0) is 24.3 Å². The summed E-state index contributed by atoms with van der Waals surface area (Å²) in [5.74, 6) is 0. The van der Waals surface area contributed by atoms with Crippen molar-refractivity contribution in [1.29, 1.82) is 0 Å². The van der Waals surface area contributed by atoms with Crippen LogP contribution in [0.1, 0.15) is 0 Å². The molecule has 0 aliphatic heterocycles. The standard InChI is InChI=1S/2C6H7O3P.Ca/c2*7-10(8,9)6-4-2-1-3-5-6;/h2*1-5H,(H2,7,8,9);. The molecular weight excluding hydrogens is 342 g/mol. The average molecular weight is 356 g/mol. The van der Waals surface area contributed by atoms with Gasteiger partial charge in [-0.15, -0.1) is 0 Å². The Labute approximate surface area is 152 Å². The molecule has 0 aliphatic carbocycles. The van der Waals surface area contributed by atoms with Crippen molar-refractivity contribution in [2.75, 3.05) is 0 Å². The van der Waals surface area contributed by atoms with Gasteiger partial charge in [-0.3, -0.25) is 9.13 Å². The van der Waals surface area contributed by atoms with Crippen LogP contribution in [0.15, 0.2) is 60.7 Å². The molecule has 0 unspecified atom stereocenters. The molecule has 0 bridgehead atoms. The molecule has 0 saturated heterocycles. The van der Waals surface area contributed by atoms with E-state index in [9.17, 15) is 9.13 Å². The molecule has 9 heteroatoms. The summed E-state index contributed by atoms with van der Waals surface area (Å²) in [4.78, 5) is 34.4. The van der Waals surface area contributed by atoms with E-state index in [1.54, 1.807) is 36.4 Å². The van der Waals surface area contributed by atoms with Gasteiger partial charge < -0.3 is 19.6 Å². The summed E-state index contributed by atoms with van der Waals surface area (Å²) >= 11 is 0. The Morgan fingerprint density at radius 3 is 0.952 bits per heavy atom. The van der Waals surface area contributed by atoms with Crippen LogP contribution in [-0.2, 0) is 9.13 Å². The summed E-state index contributed by atoms with van der Waals surface area (Å²) in [6, 6.07) is 15.4. The van der Waals surface area contributed by atoms with Gasteiger partial charge >= 0.3 is 15.2 Å². The van der Waals surface area contributed by atoms with E-state index in [0.717, 1.165) is 0 Å². The summed E-state index contributed by atoms with van der Waals surface area (Å²) in [6.07, 6.45) is 0. The minimum Gasteiger partial charge on any atom is -0.321 e. The molecule has 0 heterocycles. The van der Waals surface area contributed by atoms with Crippen LogP contribution in [0.2, 0.25) is 0 Å². The third-order valence-electron chi connectivity index (χ3n) is 2.19. The summed E-state index contributed by atoms with van der Waals surface area (Å²) < 4.78 is 21.1. The van der Waals surface area contributed by atoms with Crippen LogP contribution >= 0.6 is 15.2 Å². The van der Waals surface area contributed by atoms with E-state index >= 15 is 0 Å². The maximum atomic E-state index is 10.5. The quantitative estimate of drug-likeness (QED) is 0.463. The third kappa shape index (κ3) is 8.27. The first-order valence-electron chi connectivity index (χ1n) is 5.43. The van der Waals surface area contributed by atoms with Crippen molar-refractivity contribution in [2.24, 2.45) is 0 Å². The molecule has 0 amide bonds. The van der Waals surface area contributed by atoms with Crippen LogP contribution in [0, 0.1) is 0 Å². The average Bonchev–Trinajstić information content (AvgIpc) is 2.40. The van der Waals surface area contributed by atoms with Crippen molar-refractivity contribution in [3.63, 3.8) is 0 Å². The van der Waals surface area contributed by atoms with Crippen LogP contribution in [-0.4, -0.2) is 57.3 Å². The molecule has 0 aliphatic rings. The van der Waals surface area contributed by atoms with Crippen molar-refractivity contribution < 1.29 is 28.7 Å². The fourth-order valence-electron chi connectivity index (χ4n) is 1.24. The Bertz CT molecular complexity index is 565. The Morgan fingerprint density at radius 2 is 0.810 bits per heavy atom. The Balaban J connectivity index is 0.000000364. The summed E-state index contributed by atoms with van der Waals surface area (Å²) in [6.45, 7) is 0. The van der Waals surface area contributed by atoms with Gasteiger partial charge in [0.05, 0.1) is 10.6 Å². The van der Waals surface area contributed by atoms with E-state index < -0.39 is 15.2 Å². The minimum absolute atomic E-state index is 0. The molecule has 2 radical (unpaired) electrons. The van der Waals surface area contributed by atoms with Crippen molar-refractivity contribution in [2.45, 2.75) is 0 Å². The molecule has 6 nitrogen and oxygen atoms in total. The van der Waals surface area contributed by atoms with Gasteiger partial charge in [-0.25, -0.2) is 0 Å². The molecule has 2 rings (SSSR count). The van der Waals surface area contributed by atoms with Gasteiger partial charge in [-0.1, -0.05) is 36.4 Å². The fraction of sp³-hybridized carbons (Fsp3) is 0. The first-order valence-corrected chi connectivity index (χ1v) is 8.66.